The van der Waals surface area contributed by atoms with Crippen molar-refractivity contribution in [1.82, 2.24) is 5.43 Å². The van der Waals surface area contributed by atoms with Crippen LogP contribution in [0, 0.1) is 11.3 Å². The van der Waals surface area contributed by atoms with Crippen molar-refractivity contribution in [1.29, 1.82) is 5.26 Å². The van der Waals surface area contributed by atoms with Gasteiger partial charge in [-0.25, -0.2) is 5.01 Å². The van der Waals surface area contributed by atoms with E-state index in [0.717, 1.165) is 0 Å². The van der Waals surface area contributed by atoms with E-state index in [2.05, 4.69) is 10.4 Å². The highest BCUT2D eigenvalue weighted by Crippen LogP contribution is 2.15. The van der Waals surface area contributed by atoms with Crippen LogP contribution < -0.4 is 10.4 Å². The van der Waals surface area contributed by atoms with Crippen molar-refractivity contribution >= 4 is 23.2 Å². The quantitative estimate of drug-likeness (QED) is 0.813. The molecule has 6 heteroatoms. The first-order valence-corrected chi connectivity index (χ1v) is 5.27. The second kappa shape index (κ2) is 4.67. The highest BCUT2D eigenvalue weighted by atomic mass is 16.2. The number of hydrazine groups is 1. The highest BCUT2D eigenvalue weighted by molar-refractivity contribution is 6.39. The molecule has 6 nitrogen and oxygen atoms in total. The SMILES string of the molecule is CC(=O)C1=NCC(=O)N(c2ccc(C#N)cc2)N1. The van der Waals surface area contributed by atoms with Gasteiger partial charge in [0.2, 0.25) is 0 Å². The number of aliphatic imine (C=N–C) groups is 1. The third-order valence-electron chi connectivity index (χ3n) is 2.43. The number of hydrogen-bond acceptors (Lipinski definition) is 5. The Morgan fingerprint density at radius 3 is 2.67 bits per heavy atom. The molecule has 0 aliphatic carbocycles. The van der Waals surface area contributed by atoms with Crippen molar-refractivity contribution in [2.75, 3.05) is 11.6 Å². The minimum absolute atomic E-state index is 0.0675. The van der Waals surface area contributed by atoms with Crippen LogP contribution in [0.4, 0.5) is 5.69 Å². The maximum absolute atomic E-state index is 11.7. The molecule has 0 atom stereocenters. The Labute approximate surface area is 104 Å². The lowest BCUT2D eigenvalue weighted by atomic mass is 10.2. The van der Waals surface area contributed by atoms with Gasteiger partial charge in [-0.2, -0.15) is 5.26 Å². The first-order valence-electron chi connectivity index (χ1n) is 5.27. The number of hydrogen-bond donors (Lipinski definition) is 1. The monoisotopic (exact) mass is 242 g/mol. The lowest BCUT2D eigenvalue weighted by Crippen LogP contribution is -2.53. The van der Waals surface area contributed by atoms with Gasteiger partial charge in [0, 0.05) is 6.92 Å². The number of rotatable bonds is 2. The van der Waals surface area contributed by atoms with E-state index < -0.39 is 0 Å². The summed E-state index contributed by atoms with van der Waals surface area (Å²) in [6.45, 7) is 1.31. The number of Topliss-reactive ketones (excluding diaryl/α,β-unsaturated/α-hetero) is 1. The Hall–Kier alpha value is -2.68. The largest absolute Gasteiger partial charge is 0.291 e. The fraction of sp³-hybridized carbons (Fsp3) is 0.167. The summed E-state index contributed by atoms with van der Waals surface area (Å²) in [5.41, 5.74) is 3.72. The van der Waals surface area contributed by atoms with E-state index in [4.69, 9.17) is 5.26 Å². The molecule has 0 saturated heterocycles. The van der Waals surface area contributed by atoms with Gasteiger partial charge >= 0.3 is 0 Å². The van der Waals surface area contributed by atoms with Gasteiger partial charge in [0.1, 0.15) is 6.54 Å². The summed E-state index contributed by atoms with van der Waals surface area (Å²) in [4.78, 5) is 26.7. The standard InChI is InChI=1S/C12H10N4O2/c1-8(17)12-14-7-11(18)16(15-12)10-4-2-9(6-13)3-5-10/h2-5H,7H2,1H3,(H,14,15). The van der Waals surface area contributed by atoms with E-state index in [-0.39, 0.29) is 24.1 Å². The van der Waals surface area contributed by atoms with E-state index in [9.17, 15) is 9.59 Å². The van der Waals surface area contributed by atoms with Gasteiger partial charge in [0.05, 0.1) is 17.3 Å². The number of amidine groups is 1. The van der Waals surface area contributed by atoms with E-state index in [1.54, 1.807) is 24.3 Å². The van der Waals surface area contributed by atoms with Crippen molar-refractivity contribution in [2.45, 2.75) is 6.92 Å². The van der Waals surface area contributed by atoms with Crippen LogP contribution in [0.2, 0.25) is 0 Å². The Morgan fingerprint density at radius 2 is 2.11 bits per heavy atom. The molecule has 90 valence electrons. The number of carbonyl (C=O) groups excluding carboxylic acids is 2. The van der Waals surface area contributed by atoms with Gasteiger partial charge in [-0.1, -0.05) is 0 Å². The number of anilines is 1. The summed E-state index contributed by atoms with van der Waals surface area (Å²) in [7, 11) is 0. The zero-order valence-electron chi connectivity index (χ0n) is 9.67. The summed E-state index contributed by atoms with van der Waals surface area (Å²) in [5, 5.41) is 9.95. The second-order valence-corrected chi connectivity index (χ2v) is 3.72. The summed E-state index contributed by atoms with van der Waals surface area (Å²) in [6, 6.07) is 8.46. The lowest BCUT2D eigenvalue weighted by Gasteiger charge is -2.27. The van der Waals surface area contributed by atoms with Crippen molar-refractivity contribution < 1.29 is 9.59 Å². The first-order chi connectivity index (χ1) is 8.61. The smallest absolute Gasteiger partial charge is 0.267 e. The molecule has 0 aromatic heterocycles. The van der Waals surface area contributed by atoms with Crippen molar-refractivity contribution in [2.24, 2.45) is 4.99 Å². The number of amides is 1. The highest BCUT2D eigenvalue weighted by Gasteiger charge is 2.23. The first kappa shape index (κ1) is 11.8. The molecule has 1 aliphatic heterocycles. The van der Waals surface area contributed by atoms with Gasteiger partial charge < -0.3 is 0 Å². The molecule has 0 radical (unpaired) electrons. The van der Waals surface area contributed by atoms with Gasteiger partial charge in [-0.3, -0.25) is 20.0 Å². The minimum Gasteiger partial charge on any atom is -0.291 e. The third kappa shape index (κ3) is 2.20. The van der Waals surface area contributed by atoms with Crippen molar-refractivity contribution in [3.05, 3.63) is 29.8 Å². The average Bonchev–Trinajstić information content (AvgIpc) is 2.39. The number of ketones is 1. The molecule has 0 unspecified atom stereocenters. The number of nitrogens with zero attached hydrogens (tertiary/aromatic N) is 3. The normalized spacial score (nSPS) is 14.6. The number of carbonyl (C=O) groups is 2. The number of benzene rings is 1. The topological polar surface area (TPSA) is 85.6 Å². The van der Waals surface area contributed by atoms with Crippen LogP contribution >= 0.6 is 0 Å². The molecule has 1 N–H and O–H groups in total. The summed E-state index contributed by atoms with van der Waals surface area (Å²) in [6.07, 6.45) is 0. The fourth-order valence-electron chi connectivity index (χ4n) is 1.50. The van der Waals surface area contributed by atoms with Crippen LogP contribution in [0.25, 0.3) is 0 Å². The zero-order chi connectivity index (χ0) is 13.1. The van der Waals surface area contributed by atoms with Crippen LogP contribution in [0.1, 0.15) is 12.5 Å². The molecule has 1 aliphatic rings. The van der Waals surface area contributed by atoms with E-state index in [1.165, 1.54) is 11.9 Å². The molecule has 1 amide bonds. The van der Waals surface area contributed by atoms with E-state index >= 15 is 0 Å². The molecule has 0 bridgehead atoms. The maximum atomic E-state index is 11.7. The van der Waals surface area contributed by atoms with Crippen LogP contribution in [0.5, 0.6) is 0 Å². The van der Waals surface area contributed by atoms with Gasteiger partial charge in [-0.05, 0) is 24.3 Å². The molecule has 0 fully saturated rings. The van der Waals surface area contributed by atoms with Gasteiger partial charge in [0.15, 0.2) is 11.6 Å². The van der Waals surface area contributed by atoms with E-state index in [0.29, 0.717) is 11.3 Å². The predicted octanol–water partition coefficient (Wildman–Crippen LogP) is 0.397. The Bertz CT molecular complexity index is 569. The Morgan fingerprint density at radius 1 is 1.44 bits per heavy atom. The molecule has 1 aromatic rings. The van der Waals surface area contributed by atoms with Gasteiger partial charge in [-0.15, -0.1) is 0 Å². The second-order valence-electron chi connectivity index (χ2n) is 3.72. The summed E-state index contributed by atoms with van der Waals surface area (Å²) < 4.78 is 0. The minimum atomic E-state index is -0.260. The summed E-state index contributed by atoms with van der Waals surface area (Å²) >= 11 is 0. The number of nitriles is 1. The van der Waals surface area contributed by atoms with Gasteiger partial charge in [0.25, 0.3) is 5.91 Å². The van der Waals surface area contributed by atoms with Crippen LogP contribution in [0.15, 0.2) is 29.3 Å². The molecule has 1 aromatic carbocycles. The Kier molecular flexibility index (Phi) is 3.06. The summed E-state index contributed by atoms with van der Waals surface area (Å²) in [5.74, 6) is -0.343. The number of nitrogens with one attached hydrogen (secondary N) is 1. The lowest BCUT2D eigenvalue weighted by molar-refractivity contribution is -0.118. The molecule has 18 heavy (non-hydrogen) atoms. The maximum Gasteiger partial charge on any atom is 0.267 e. The predicted molar refractivity (Wildman–Crippen MR) is 64.8 cm³/mol. The molecule has 1 heterocycles. The van der Waals surface area contributed by atoms with Crippen LogP contribution in [-0.4, -0.2) is 24.1 Å². The van der Waals surface area contributed by atoms with Crippen LogP contribution in [0.3, 0.4) is 0 Å². The van der Waals surface area contributed by atoms with E-state index in [1.807, 2.05) is 6.07 Å². The average molecular weight is 242 g/mol. The third-order valence-corrected chi connectivity index (χ3v) is 2.43. The molecule has 0 saturated carbocycles. The molecular formula is C12H10N4O2. The molecule has 2 rings (SSSR count). The zero-order valence-corrected chi connectivity index (χ0v) is 9.67. The fourth-order valence-corrected chi connectivity index (χ4v) is 1.50. The molecule has 0 spiro atoms. The van der Waals surface area contributed by atoms with Crippen LogP contribution in [-0.2, 0) is 9.59 Å². The Balaban J connectivity index is 2.27. The van der Waals surface area contributed by atoms with Crippen molar-refractivity contribution in [3.8, 4) is 6.07 Å². The van der Waals surface area contributed by atoms with Crippen molar-refractivity contribution in [3.63, 3.8) is 0 Å². The molecular weight excluding hydrogens is 232 g/mol.